The SMILES string of the molecule is c1ccc(-c2cc(-c3ccccc3)nc(-n3c4ccccc4c4c5c6ccccc6n(-c6ccccc6)c5ccc43)n2)cc1. The summed E-state index contributed by atoms with van der Waals surface area (Å²) in [4.78, 5) is 10.4. The number of hydrogen-bond acceptors (Lipinski definition) is 2. The monoisotopic (exact) mass is 562 g/mol. The van der Waals surface area contributed by atoms with Crippen LogP contribution in [0.5, 0.6) is 0 Å². The Kier molecular flexibility index (Phi) is 5.47. The van der Waals surface area contributed by atoms with Crippen molar-refractivity contribution in [3.63, 3.8) is 0 Å². The van der Waals surface area contributed by atoms with Crippen LogP contribution in [0.4, 0.5) is 0 Å². The van der Waals surface area contributed by atoms with Crippen LogP contribution in [-0.2, 0) is 0 Å². The first-order valence-corrected chi connectivity index (χ1v) is 14.9. The normalized spacial score (nSPS) is 11.6. The number of fused-ring (bicyclic) bond motifs is 7. The fraction of sp³-hybridized carbons (Fsp3) is 0. The zero-order valence-corrected chi connectivity index (χ0v) is 23.8. The Bertz CT molecular complexity index is 2420. The van der Waals surface area contributed by atoms with Crippen molar-refractivity contribution in [3.8, 4) is 34.2 Å². The van der Waals surface area contributed by atoms with Gasteiger partial charge in [0, 0.05) is 38.4 Å². The Labute approximate surface area is 254 Å². The Morgan fingerprint density at radius 3 is 1.34 bits per heavy atom. The molecule has 44 heavy (non-hydrogen) atoms. The molecule has 0 amide bonds. The summed E-state index contributed by atoms with van der Waals surface area (Å²) in [6.45, 7) is 0. The van der Waals surface area contributed by atoms with Gasteiger partial charge in [-0.25, -0.2) is 9.97 Å². The molecule has 3 aromatic heterocycles. The van der Waals surface area contributed by atoms with Crippen molar-refractivity contribution in [2.24, 2.45) is 0 Å². The van der Waals surface area contributed by atoms with Crippen LogP contribution >= 0.6 is 0 Å². The number of para-hydroxylation sites is 3. The molecule has 0 fully saturated rings. The average molecular weight is 563 g/mol. The van der Waals surface area contributed by atoms with Gasteiger partial charge in [0.05, 0.1) is 33.5 Å². The molecular formula is C40H26N4. The van der Waals surface area contributed by atoms with Crippen molar-refractivity contribution in [2.75, 3.05) is 0 Å². The van der Waals surface area contributed by atoms with E-state index in [-0.39, 0.29) is 0 Å². The van der Waals surface area contributed by atoms with Crippen LogP contribution in [0, 0.1) is 0 Å². The number of aromatic nitrogens is 4. The first kappa shape index (κ1) is 24.6. The van der Waals surface area contributed by atoms with Crippen molar-refractivity contribution in [1.82, 2.24) is 19.1 Å². The van der Waals surface area contributed by atoms with Gasteiger partial charge in [0.15, 0.2) is 0 Å². The van der Waals surface area contributed by atoms with Crippen LogP contribution in [0.2, 0.25) is 0 Å². The highest BCUT2D eigenvalue weighted by atomic mass is 15.2. The summed E-state index contributed by atoms with van der Waals surface area (Å²) in [6.07, 6.45) is 0. The lowest BCUT2D eigenvalue weighted by Crippen LogP contribution is -2.04. The predicted molar refractivity (Wildman–Crippen MR) is 182 cm³/mol. The molecule has 4 heteroatoms. The largest absolute Gasteiger partial charge is 0.309 e. The molecule has 6 aromatic carbocycles. The van der Waals surface area contributed by atoms with E-state index >= 15 is 0 Å². The molecule has 0 saturated heterocycles. The summed E-state index contributed by atoms with van der Waals surface area (Å²) in [7, 11) is 0. The molecule has 4 nitrogen and oxygen atoms in total. The maximum absolute atomic E-state index is 5.21. The maximum atomic E-state index is 5.21. The molecule has 0 atom stereocenters. The van der Waals surface area contributed by atoms with E-state index in [2.05, 4.69) is 155 Å². The summed E-state index contributed by atoms with van der Waals surface area (Å²) in [5, 5.41) is 4.85. The van der Waals surface area contributed by atoms with E-state index in [9.17, 15) is 0 Å². The summed E-state index contributed by atoms with van der Waals surface area (Å²) in [5.41, 5.74) is 9.57. The molecule has 3 heterocycles. The lowest BCUT2D eigenvalue weighted by molar-refractivity contribution is 0.996. The Morgan fingerprint density at radius 2 is 0.795 bits per heavy atom. The molecule has 9 aromatic rings. The lowest BCUT2D eigenvalue weighted by atomic mass is 10.1. The van der Waals surface area contributed by atoms with E-state index < -0.39 is 0 Å². The van der Waals surface area contributed by atoms with Gasteiger partial charge < -0.3 is 4.57 Å². The fourth-order valence-electron chi connectivity index (χ4n) is 6.64. The third-order valence-electron chi connectivity index (χ3n) is 8.54. The molecule has 0 aliphatic heterocycles. The first-order valence-electron chi connectivity index (χ1n) is 14.9. The second-order valence-electron chi connectivity index (χ2n) is 11.1. The summed E-state index contributed by atoms with van der Waals surface area (Å²) in [6, 6.07) is 55.2. The van der Waals surface area contributed by atoms with Crippen LogP contribution in [-0.4, -0.2) is 19.1 Å². The van der Waals surface area contributed by atoms with Crippen LogP contribution in [0.1, 0.15) is 0 Å². The smallest absolute Gasteiger partial charge is 0.235 e. The van der Waals surface area contributed by atoms with Crippen molar-refractivity contribution in [2.45, 2.75) is 0 Å². The standard InChI is InChI=1S/C40H26N4/c1-4-14-27(15-5-1)32-26-33(28-16-6-2-7-17-28)42-40(41-32)44-35-23-13-11-21-31(35)39-37(44)25-24-36-38(39)30-20-10-12-22-34(30)43(36)29-18-8-3-9-19-29/h1-26H. The third-order valence-corrected chi connectivity index (χ3v) is 8.54. The van der Waals surface area contributed by atoms with Crippen molar-refractivity contribution >= 4 is 43.6 Å². The lowest BCUT2D eigenvalue weighted by Gasteiger charge is -2.12. The second kappa shape index (κ2) is 9.79. The van der Waals surface area contributed by atoms with Crippen LogP contribution in [0.25, 0.3) is 77.8 Å². The first-order chi connectivity index (χ1) is 21.8. The Hall–Kier alpha value is -6.00. The molecule has 206 valence electrons. The molecule has 0 radical (unpaired) electrons. The van der Waals surface area contributed by atoms with Gasteiger partial charge in [-0.15, -0.1) is 0 Å². The van der Waals surface area contributed by atoms with Gasteiger partial charge in [-0.2, -0.15) is 0 Å². The molecule has 0 bridgehead atoms. The zero-order chi connectivity index (χ0) is 29.0. The second-order valence-corrected chi connectivity index (χ2v) is 11.1. The van der Waals surface area contributed by atoms with E-state index in [0.29, 0.717) is 5.95 Å². The maximum Gasteiger partial charge on any atom is 0.235 e. The van der Waals surface area contributed by atoms with Crippen molar-refractivity contribution in [3.05, 3.63) is 158 Å². The quantitative estimate of drug-likeness (QED) is 0.214. The van der Waals surface area contributed by atoms with E-state index in [4.69, 9.17) is 9.97 Å². The van der Waals surface area contributed by atoms with E-state index in [1.165, 1.54) is 32.6 Å². The van der Waals surface area contributed by atoms with Gasteiger partial charge in [-0.1, -0.05) is 115 Å². The highest BCUT2D eigenvalue weighted by Crippen LogP contribution is 2.42. The van der Waals surface area contributed by atoms with E-state index in [0.717, 1.165) is 39.2 Å². The van der Waals surface area contributed by atoms with Crippen molar-refractivity contribution in [1.29, 1.82) is 0 Å². The van der Waals surface area contributed by atoms with E-state index in [1.54, 1.807) is 0 Å². The summed E-state index contributed by atoms with van der Waals surface area (Å²) in [5.74, 6) is 0.655. The van der Waals surface area contributed by atoms with Crippen LogP contribution in [0.3, 0.4) is 0 Å². The highest BCUT2D eigenvalue weighted by Gasteiger charge is 2.22. The minimum Gasteiger partial charge on any atom is -0.309 e. The number of nitrogens with zero attached hydrogens (tertiary/aromatic N) is 4. The fourth-order valence-corrected chi connectivity index (χ4v) is 6.64. The molecule has 0 spiro atoms. The number of benzene rings is 6. The zero-order valence-electron chi connectivity index (χ0n) is 23.8. The molecule has 0 aliphatic carbocycles. The van der Waals surface area contributed by atoms with E-state index in [1.807, 2.05) is 12.1 Å². The highest BCUT2D eigenvalue weighted by molar-refractivity contribution is 6.28. The van der Waals surface area contributed by atoms with Gasteiger partial charge in [0.1, 0.15) is 0 Å². The summed E-state index contributed by atoms with van der Waals surface area (Å²) >= 11 is 0. The predicted octanol–water partition coefficient (Wildman–Crippen LogP) is 10.0. The van der Waals surface area contributed by atoms with Gasteiger partial charge in [0.2, 0.25) is 5.95 Å². The molecule has 0 saturated carbocycles. The summed E-state index contributed by atoms with van der Waals surface area (Å²) < 4.78 is 4.61. The molecule has 0 aliphatic rings. The van der Waals surface area contributed by atoms with Crippen LogP contribution in [0.15, 0.2) is 158 Å². The minimum absolute atomic E-state index is 0.655. The average Bonchev–Trinajstić information content (AvgIpc) is 3.62. The number of hydrogen-bond donors (Lipinski definition) is 0. The number of rotatable bonds is 4. The molecule has 0 unspecified atom stereocenters. The molecule has 9 rings (SSSR count). The van der Waals surface area contributed by atoms with Gasteiger partial charge in [-0.05, 0) is 42.5 Å². The third kappa shape index (κ3) is 3.71. The van der Waals surface area contributed by atoms with Crippen molar-refractivity contribution < 1.29 is 0 Å². The van der Waals surface area contributed by atoms with Gasteiger partial charge >= 0.3 is 0 Å². The Balaban J connectivity index is 1.41. The Morgan fingerprint density at radius 1 is 0.364 bits per heavy atom. The minimum atomic E-state index is 0.655. The van der Waals surface area contributed by atoms with Gasteiger partial charge in [0.25, 0.3) is 0 Å². The van der Waals surface area contributed by atoms with Gasteiger partial charge in [-0.3, -0.25) is 4.57 Å². The molecular weight excluding hydrogens is 536 g/mol. The topological polar surface area (TPSA) is 35.6 Å². The molecule has 0 N–H and O–H groups in total. The van der Waals surface area contributed by atoms with Crippen LogP contribution < -0.4 is 0 Å².